The van der Waals surface area contributed by atoms with Crippen LogP contribution < -0.4 is 19.9 Å². The Morgan fingerprint density at radius 3 is 2.62 bits per heavy atom. The quantitative estimate of drug-likeness (QED) is 0.746. The molecule has 1 atom stereocenters. The van der Waals surface area contributed by atoms with Gasteiger partial charge in [0.25, 0.3) is 5.91 Å². The maximum atomic E-state index is 12.2. The summed E-state index contributed by atoms with van der Waals surface area (Å²) in [5, 5.41) is 11.2. The molecule has 1 amide bonds. The number of hydrogen-bond donors (Lipinski definition) is 1. The summed E-state index contributed by atoms with van der Waals surface area (Å²) in [7, 11) is 0. The Labute approximate surface area is 170 Å². The summed E-state index contributed by atoms with van der Waals surface area (Å²) in [4.78, 5) is 25.2. The lowest BCUT2D eigenvalue weighted by Crippen LogP contribution is -2.42. The Hall–Kier alpha value is -2.97. The van der Waals surface area contributed by atoms with Crippen molar-refractivity contribution in [1.82, 2.24) is 25.5 Å². The van der Waals surface area contributed by atoms with Crippen LogP contribution in [0.4, 0.5) is 11.8 Å². The molecule has 0 radical (unpaired) electrons. The van der Waals surface area contributed by atoms with Crippen molar-refractivity contribution >= 4 is 17.7 Å². The van der Waals surface area contributed by atoms with Crippen LogP contribution in [0.25, 0.3) is 0 Å². The van der Waals surface area contributed by atoms with Gasteiger partial charge < -0.3 is 19.9 Å². The number of aromatic nitrogens is 4. The largest absolute Gasteiger partial charge is 0.466 e. The van der Waals surface area contributed by atoms with Crippen LogP contribution in [0.3, 0.4) is 0 Å². The SMILES string of the molecule is O=C(COc1ccc(N2CCCC2)nn1)NC[C@H]1CCCN(c2ncccn2)C1. The summed E-state index contributed by atoms with van der Waals surface area (Å²) in [5.74, 6) is 2.21. The van der Waals surface area contributed by atoms with E-state index >= 15 is 0 Å². The minimum atomic E-state index is -0.150. The van der Waals surface area contributed by atoms with Gasteiger partial charge in [0.15, 0.2) is 12.4 Å². The highest BCUT2D eigenvalue weighted by Gasteiger charge is 2.22. The van der Waals surface area contributed by atoms with E-state index in [9.17, 15) is 4.79 Å². The Bertz CT molecular complexity index is 781. The Kier molecular flexibility index (Phi) is 6.33. The standard InChI is InChI=1S/C20H27N7O2/c28-18(15-29-19-7-6-17(24-25-19)26-10-1-2-11-26)23-13-16-5-3-12-27(14-16)20-21-8-4-9-22-20/h4,6-9,16H,1-3,5,10-15H2,(H,23,28)/t16-/m1/s1. The van der Waals surface area contributed by atoms with E-state index in [0.717, 1.165) is 50.8 Å². The van der Waals surface area contributed by atoms with Gasteiger partial charge in [-0.05, 0) is 43.7 Å². The Morgan fingerprint density at radius 1 is 1.07 bits per heavy atom. The van der Waals surface area contributed by atoms with Crippen molar-refractivity contribution in [2.75, 3.05) is 49.1 Å². The molecule has 2 aliphatic rings. The average molecular weight is 397 g/mol. The van der Waals surface area contributed by atoms with Crippen molar-refractivity contribution < 1.29 is 9.53 Å². The van der Waals surface area contributed by atoms with Crippen LogP contribution in [-0.4, -0.2) is 65.4 Å². The summed E-state index contributed by atoms with van der Waals surface area (Å²) in [6.45, 7) is 4.39. The molecule has 2 saturated heterocycles. The maximum Gasteiger partial charge on any atom is 0.258 e. The highest BCUT2D eigenvalue weighted by atomic mass is 16.5. The fraction of sp³-hybridized carbons (Fsp3) is 0.550. The smallest absolute Gasteiger partial charge is 0.258 e. The fourth-order valence-corrected chi connectivity index (χ4v) is 3.82. The van der Waals surface area contributed by atoms with Gasteiger partial charge >= 0.3 is 0 Å². The van der Waals surface area contributed by atoms with Crippen molar-refractivity contribution in [2.24, 2.45) is 5.92 Å². The van der Waals surface area contributed by atoms with Crippen molar-refractivity contribution in [3.63, 3.8) is 0 Å². The summed E-state index contributed by atoms with van der Waals surface area (Å²) < 4.78 is 5.48. The number of carbonyl (C=O) groups excluding carboxylic acids is 1. The zero-order valence-corrected chi connectivity index (χ0v) is 16.5. The van der Waals surface area contributed by atoms with Crippen LogP contribution in [-0.2, 0) is 4.79 Å². The van der Waals surface area contributed by atoms with Gasteiger partial charge in [0.05, 0.1) is 0 Å². The van der Waals surface area contributed by atoms with E-state index in [1.165, 1.54) is 12.8 Å². The first-order valence-corrected chi connectivity index (χ1v) is 10.3. The molecule has 9 nitrogen and oxygen atoms in total. The monoisotopic (exact) mass is 397 g/mol. The maximum absolute atomic E-state index is 12.2. The van der Waals surface area contributed by atoms with E-state index in [1.807, 2.05) is 12.1 Å². The van der Waals surface area contributed by atoms with Gasteiger partial charge in [0.2, 0.25) is 11.8 Å². The topological polar surface area (TPSA) is 96.4 Å². The number of carbonyl (C=O) groups is 1. The van der Waals surface area contributed by atoms with Crippen LogP contribution >= 0.6 is 0 Å². The molecule has 0 unspecified atom stereocenters. The van der Waals surface area contributed by atoms with E-state index in [1.54, 1.807) is 18.5 Å². The van der Waals surface area contributed by atoms with Crippen LogP contribution in [0.5, 0.6) is 5.88 Å². The van der Waals surface area contributed by atoms with Gasteiger partial charge in [-0.25, -0.2) is 9.97 Å². The lowest BCUT2D eigenvalue weighted by Gasteiger charge is -2.32. The zero-order chi connectivity index (χ0) is 19.9. The molecular formula is C20H27N7O2. The van der Waals surface area contributed by atoms with Gasteiger partial charge in [-0.15, -0.1) is 10.2 Å². The van der Waals surface area contributed by atoms with Gasteiger partial charge in [-0.3, -0.25) is 4.79 Å². The third-order valence-electron chi connectivity index (χ3n) is 5.35. The fourth-order valence-electron chi connectivity index (χ4n) is 3.82. The summed E-state index contributed by atoms with van der Waals surface area (Å²) in [6.07, 6.45) is 8.04. The molecule has 2 fully saturated rings. The molecule has 0 spiro atoms. The van der Waals surface area contributed by atoms with Crippen molar-refractivity contribution in [1.29, 1.82) is 0 Å². The first-order valence-electron chi connectivity index (χ1n) is 10.3. The van der Waals surface area contributed by atoms with Gasteiger partial charge in [-0.1, -0.05) is 0 Å². The van der Waals surface area contributed by atoms with E-state index in [-0.39, 0.29) is 12.5 Å². The molecule has 0 bridgehead atoms. The predicted octanol–water partition coefficient (Wildman–Crippen LogP) is 1.28. The molecule has 0 saturated carbocycles. The zero-order valence-electron chi connectivity index (χ0n) is 16.5. The molecule has 9 heteroatoms. The van der Waals surface area contributed by atoms with Gasteiger partial charge in [0.1, 0.15) is 0 Å². The Balaban J connectivity index is 1.19. The van der Waals surface area contributed by atoms with Crippen LogP contribution in [0.15, 0.2) is 30.6 Å². The molecule has 29 heavy (non-hydrogen) atoms. The third-order valence-corrected chi connectivity index (χ3v) is 5.35. The van der Waals surface area contributed by atoms with E-state index in [2.05, 4.69) is 35.3 Å². The molecule has 2 aromatic rings. The number of anilines is 2. The van der Waals surface area contributed by atoms with Crippen molar-refractivity contribution in [3.8, 4) is 5.88 Å². The van der Waals surface area contributed by atoms with Crippen LogP contribution in [0, 0.1) is 5.92 Å². The van der Waals surface area contributed by atoms with E-state index in [0.29, 0.717) is 18.3 Å². The first kappa shape index (κ1) is 19.4. The Morgan fingerprint density at radius 2 is 1.86 bits per heavy atom. The second-order valence-corrected chi connectivity index (χ2v) is 7.52. The molecule has 1 N–H and O–H groups in total. The molecule has 0 aromatic carbocycles. The molecule has 2 aromatic heterocycles. The summed E-state index contributed by atoms with van der Waals surface area (Å²) in [6, 6.07) is 5.48. The molecule has 4 rings (SSSR count). The second kappa shape index (κ2) is 9.49. The molecule has 154 valence electrons. The number of hydrogen-bond acceptors (Lipinski definition) is 8. The molecule has 4 heterocycles. The number of ether oxygens (including phenoxy) is 1. The molecule has 2 aliphatic heterocycles. The predicted molar refractivity (Wildman–Crippen MR) is 109 cm³/mol. The van der Waals surface area contributed by atoms with E-state index < -0.39 is 0 Å². The highest BCUT2D eigenvalue weighted by Crippen LogP contribution is 2.20. The van der Waals surface area contributed by atoms with Crippen LogP contribution in [0.2, 0.25) is 0 Å². The second-order valence-electron chi connectivity index (χ2n) is 7.52. The number of nitrogens with zero attached hydrogens (tertiary/aromatic N) is 6. The minimum absolute atomic E-state index is 0.0596. The number of nitrogens with one attached hydrogen (secondary N) is 1. The van der Waals surface area contributed by atoms with Crippen molar-refractivity contribution in [3.05, 3.63) is 30.6 Å². The minimum Gasteiger partial charge on any atom is -0.466 e. The lowest BCUT2D eigenvalue weighted by molar-refractivity contribution is -0.123. The number of piperidine rings is 1. The normalized spacial score (nSPS) is 19.2. The van der Waals surface area contributed by atoms with E-state index in [4.69, 9.17) is 4.74 Å². The van der Waals surface area contributed by atoms with Gasteiger partial charge in [-0.2, -0.15) is 0 Å². The number of amides is 1. The summed E-state index contributed by atoms with van der Waals surface area (Å²) in [5.41, 5.74) is 0. The molecule has 0 aliphatic carbocycles. The third kappa shape index (κ3) is 5.30. The van der Waals surface area contributed by atoms with Crippen molar-refractivity contribution in [2.45, 2.75) is 25.7 Å². The average Bonchev–Trinajstić information content (AvgIpc) is 3.32. The molecular weight excluding hydrogens is 370 g/mol. The van der Waals surface area contributed by atoms with Gasteiger partial charge in [0, 0.05) is 51.2 Å². The van der Waals surface area contributed by atoms with Crippen LogP contribution in [0.1, 0.15) is 25.7 Å². The highest BCUT2D eigenvalue weighted by molar-refractivity contribution is 5.77. The first-order chi connectivity index (χ1) is 14.3. The number of rotatable bonds is 7. The lowest BCUT2D eigenvalue weighted by atomic mass is 9.98. The summed E-state index contributed by atoms with van der Waals surface area (Å²) >= 11 is 0.